The van der Waals surface area contributed by atoms with E-state index in [1.165, 1.54) is 25.0 Å². The van der Waals surface area contributed by atoms with Crippen LogP contribution in [-0.2, 0) is 4.74 Å². The maximum Gasteiger partial charge on any atom is 0.189 e. The number of thiocarbonyl (C=S) groups is 1. The van der Waals surface area contributed by atoms with Gasteiger partial charge in [0.15, 0.2) is 5.11 Å². The third-order valence-electron chi connectivity index (χ3n) is 3.04. The summed E-state index contributed by atoms with van der Waals surface area (Å²) in [5, 5.41) is 5.14. The van der Waals surface area contributed by atoms with Gasteiger partial charge in [-0.3, -0.25) is 5.43 Å². The van der Waals surface area contributed by atoms with E-state index in [9.17, 15) is 0 Å². The minimum Gasteiger partial charge on any atom is -0.378 e. The highest BCUT2D eigenvalue weighted by Gasteiger charge is 2.13. The molecule has 0 atom stereocenters. The first-order valence-electron chi connectivity index (χ1n) is 6.04. The first kappa shape index (κ1) is 11.8. The van der Waals surface area contributed by atoms with Crippen LogP contribution in [0.5, 0.6) is 0 Å². The summed E-state index contributed by atoms with van der Waals surface area (Å²) >= 11 is 5.29. The molecule has 5 heteroatoms. The highest BCUT2D eigenvalue weighted by Crippen LogP contribution is 2.14. The fourth-order valence-corrected chi connectivity index (χ4v) is 2.26. The van der Waals surface area contributed by atoms with Crippen LogP contribution < -0.4 is 5.43 Å². The van der Waals surface area contributed by atoms with Gasteiger partial charge in [-0.1, -0.05) is 6.42 Å². The van der Waals surface area contributed by atoms with E-state index in [1.807, 2.05) is 0 Å². The number of hydrogen-bond acceptors (Lipinski definition) is 3. The highest BCUT2D eigenvalue weighted by atomic mass is 32.1. The second-order valence-corrected chi connectivity index (χ2v) is 4.64. The van der Waals surface area contributed by atoms with Crippen LogP contribution in [0.4, 0.5) is 0 Å². The monoisotopic (exact) mass is 241 g/mol. The summed E-state index contributed by atoms with van der Waals surface area (Å²) < 4.78 is 5.28. The van der Waals surface area contributed by atoms with Crippen LogP contribution in [0, 0.1) is 0 Å². The molecule has 1 aliphatic carbocycles. The van der Waals surface area contributed by atoms with Gasteiger partial charge >= 0.3 is 0 Å². The van der Waals surface area contributed by atoms with Gasteiger partial charge < -0.3 is 9.64 Å². The molecule has 0 radical (unpaired) electrons. The lowest BCUT2D eigenvalue weighted by atomic mass is 9.99. The van der Waals surface area contributed by atoms with Gasteiger partial charge in [-0.05, 0) is 37.9 Å². The number of nitrogens with zero attached hydrogens (tertiary/aromatic N) is 2. The molecule has 0 unspecified atom stereocenters. The standard InChI is InChI=1S/C11H19N3OS/c16-11(14-6-8-15-9-7-14)13-12-10-4-2-1-3-5-10/h1-9H2,(H,13,16). The van der Waals surface area contributed by atoms with Crippen molar-refractivity contribution in [3.05, 3.63) is 0 Å². The topological polar surface area (TPSA) is 36.9 Å². The van der Waals surface area contributed by atoms with E-state index in [1.54, 1.807) is 0 Å². The van der Waals surface area contributed by atoms with Gasteiger partial charge in [-0.2, -0.15) is 5.10 Å². The average molecular weight is 241 g/mol. The van der Waals surface area contributed by atoms with Crippen LogP contribution in [0.15, 0.2) is 5.10 Å². The molecule has 2 rings (SSSR count). The number of hydrogen-bond donors (Lipinski definition) is 1. The Labute approximate surface area is 102 Å². The molecule has 2 fully saturated rings. The number of nitrogens with one attached hydrogen (secondary N) is 1. The number of ether oxygens (including phenoxy) is 1. The molecule has 0 aromatic carbocycles. The van der Waals surface area contributed by atoms with E-state index >= 15 is 0 Å². The summed E-state index contributed by atoms with van der Waals surface area (Å²) in [6.45, 7) is 3.27. The summed E-state index contributed by atoms with van der Waals surface area (Å²) in [6.07, 6.45) is 6.13. The maximum atomic E-state index is 5.29. The third-order valence-corrected chi connectivity index (χ3v) is 3.39. The Bertz CT molecular complexity index is 266. The van der Waals surface area contributed by atoms with Crippen molar-refractivity contribution in [1.29, 1.82) is 0 Å². The van der Waals surface area contributed by atoms with Crippen LogP contribution in [0.3, 0.4) is 0 Å². The Balaban J connectivity index is 1.77. The summed E-state index contributed by atoms with van der Waals surface area (Å²) in [5.41, 5.74) is 4.28. The molecule has 1 heterocycles. The van der Waals surface area contributed by atoms with Crippen molar-refractivity contribution in [2.45, 2.75) is 32.1 Å². The van der Waals surface area contributed by atoms with Gasteiger partial charge in [-0.25, -0.2) is 0 Å². The van der Waals surface area contributed by atoms with Crippen molar-refractivity contribution >= 4 is 23.0 Å². The smallest absolute Gasteiger partial charge is 0.189 e. The van der Waals surface area contributed by atoms with Gasteiger partial charge in [0.05, 0.1) is 13.2 Å². The minimum atomic E-state index is 0.737. The molecule has 0 bridgehead atoms. The lowest BCUT2D eigenvalue weighted by molar-refractivity contribution is 0.0677. The number of morpholine rings is 1. The van der Waals surface area contributed by atoms with Gasteiger partial charge in [-0.15, -0.1) is 0 Å². The van der Waals surface area contributed by atoms with Gasteiger partial charge in [0.25, 0.3) is 0 Å². The molecule has 1 aliphatic heterocycles. The van der Waals surface area contributed by atoms with E-state index in [-0.39, 0.29) is 0 Å². The van der Waals surface area contributed by atoms with E-state index in [0.717, 1.165) is 44.3 Å². The second kappa shape index (κ2) is 6.15. The molecular formula is C11H19N3OS. The Morgan fingerprint density at radius 3 is 2.56 bits per heavy atom. The first-order valence-corrected chi connectivity index (χ1v) is 6.45. The quantitative estimate of drug-likeness (QED) is 0.558. The number of rotatable bonds is 1. The van der Waals surface area contributed by atoms with Gasteiger partial charge in [0.1, 0.15) is 0 Å². The Morgan fingerprint density at radius 2 is 1.88 bits per heavy atom. The molecular weight excluding hydrogens is 222 g/mol. The molecule has 1 saturated carbocycles. The van der Waals surface area contributed by atoms with Gasteiger partial charge in [0.2, 0.25) is 0 Å². The van der Waals surface area contributed by atoms with Crippen LogP contribution >= 0.6 is 12.2 Å². The lowest BCUT2D eigenvalue weighted by Gasteiger charge is -2.28. The van der Waals surface area contributed by atoms with Crippen LogP contribution in [0.25, 0.3) is 0 Å². The van der Waals surface area contributed by atoms with Crippen LogP contribution in [0.2, 0.25) is 0 Å². The van der Waals surface area contributed by atoms with E-state index in [2.05, 4.69) is 15.4 Å². The molecule has 0 amide bonds. The van der Waals surface area contributed by atoms with Gasteiger partial charge in [0, 0.05) is 18.8 Å². The average Bonchev–Trinajstić information content (AvgIpc) is 2.38. The van der Waals surface area contributed by atoms with Crippen molar-refractivity contribution in [3.8, 4) is 0 Å². The molecule has 0 aromatic heterocycles. The van der Waals surface area contributed by atoms with Crippen molar-refractivity contribution in [2.24, 2.45) is 5.10 Å². The predicted octanol–water partition coefficient (Wildman–Crippen LogP) is 1.51. The normalized spacial score (nSPS) is 21.8. The highest BCUT2D eigenvalue weighted by molar-refractivity contribution is 7.80. The Morgan fingerprint density at radius 1 is 1.19 bits per heavy atom. The zero-order valence-corrected chi connectivity index (χ0v) is 10.4. The molecule has 1 N–H and O–H groups in total. The summed E-state index contributed by atoms with van der Waals surface area (Å²) in [4.78, 5) is 2.12. The van der Waals surface area contributed by atoms with Crippen molar-refractivity contribution in [2.75, 3.05) is 26.3 Å². The molecule has 4 nitrogen and oxygen atoms in total. The first-order chi connectivity index (χ1) is 7.86. The SMILES string of the molecule is S=C(NN=C1CCCCC1)N1CCOCC1. The maximum absolute atomic E-state index is 5.29. The molecule has 90 valence electrons. The third kappa shape index (κ3) is 3.42. The fraction of sp³-hybridized carbons (Fsp3) is 0.818. The fourth-order valence-electron chi connectivity index (χ4n) is 2.04. The molecule has 2 aliphatic rings. The molecule has 1 saturated heterocycles. The zero-order chi connectivity index (χ0) is 11.2. The van der Waals surface area contributed by atoms with E-state index in [0.29, 0.717) is 0 Å². The lowest BCUT2D eigenvalue weighted by Crippen LogP contribution is -2.44. The van der Waals surface area contributed by atoms with E-state index < -0.39 is 0 Å². The molecule has 16 heavy (non-hydrogen) atoms. The Hall–Kier alpha value is -0.680. The predicted molar refractivity (Wildman–Crippen MR) is 68.6 cm³/mol. The largest absolute Gasteiger partial charge is 0.378 e. The Kier molecular flexibility index (Phi) is 4.54. The summed E-state index contributed by atoms with van der Waals surface area (Å²) in [6, 6.07) is 0. The zero-order valence-electron chi connectivity index (χ0n) is 9.57. The summed E-state index contributed by atoms with van der Waals surface area (Å²) in [7, 11) is 0. The van der Waals surface area contributed by atoms with Crippen LogP contribution in [-0.4, -0.2) is 42.0 Å². The minimum absolute atomic E-state index is 0.737. The number of hydrazone groups is 1. The van der Waals surface area contributed by atoms with Crippen molar-refractivity contribution < 1.29 is 4.74 Å². The summed E-state index contributed by atoms with van der Waals surface area (Å²) in [5.74, 6) is 0. The van der Waals surface area contributed by atoms with Crippen LogP contribution in [0.1, 0.15) is 32.1 Å². The second-order valence-electron chi connectivity index (χ2n) is 4.26. The molecule has 0 spiro atoms. The molecule has 0 aromatic rings. The van der Waals surface area contributed by atoms with E-state index in [4.69, 9.17) is 17.0 Å². The van der Waals surface area contributed by atoms with Crippen molar-refractivity contribution in [1.82, 2.24) is 10.3 Å². The van der Waals surface area contributed by atoms with Crippen molar-refractivity contribution in [3.63, 3.8) is 0 Å².